The number of carbonyl (C=O) groups excluding carboxylic acids is 2. The molecule has 0 aliphatic carbocycles. The van der Waals surface area contributed by atoms with Crippen molar-refractivity contribution in [1.82, 2.24) is 10.3 Å². The summed E-state index contributed by atoms with van der Waals surface area (Å²) in [7, 11) is 0. The van der Waals surface area contributed by atoms with Crippen LogP contribution < -0.4 is 5.32 Å². The van der Waals surface area contributed by atoms with E-state index in [1.54, 1.807) is 12.3 Å². The molecule has 6 heteroatoms. The van der Waals surface area contributed by atoms with Gasteiger partial charge in [0.25, 0.3) is 5.91 Å². The molecule has 0 aliphatic heterocycles. The van der Waals surface area contributed by atoms with E-state index in [1.807, 2.05) is 26.0 Å². The second kappa shape index (κ2) is 8.76. The molecule has 2 aromatic rings. The van der Waals surface area contributed by atoms with Gasteiger partial charge >= 0.3 is 5.97 Å². The Morgan fingerprint density at radius 1 is 1.20 bits per heavy atom. The number of nitrogens with one attached hydrogen (secondary N) is 1. The van der Waals surface area contributed by atoms with Gasteiger partial charge in [0, 0.05) is 17.5 Å². The smallest absolute Gasteiger partial charge is 0.358 e. The first kappa shape index (κ1) is 19.1. The molecule has 0 fully saturated rings. The average Bonchev–Trinajstić information content (AvgIpc) is 3.09. The Morgan fingerprint density at radius 2 is 1.88 bits per heavy atom. The fourth-order valence-corrected chi connectivity index (χ4v) is 2.90. The van der Waals surface area contributed by atoms with E-state index in [2.05, 4.69) is 29.4 Å². The molecule has 1 aromatic carbocycles. The van der Waals surface area contributed by atoms with Gasteiger partial charge in [-0.2, -0.15) is 0 Å². The highest BCUT2D eigenvalue weighted by atomic mass is 32.1. The van der Waals surface area contributed by atoms with E-state index >= 15 is 0 Å². The Bertz CT molecular complexity index is 723. The van der Waals surface area contributed by atoms with Crippen LogP contribution in [0.25, 0.3) is 10.6 Å². The zero-order valence-corrected chi connectivity index (χ0v) is 15.9. The number of aryl methyl sites for hydroxylation is 1. The number of hydrogen-bond donors (Lipinski definition) is 1. The lowest BCUT2D eigenvalue weighted by Gasteiger charge is -2.13. The predicted molar refractivity (Wildman–Crippen MR) is 99.7 cm³/mol. The summed E-state index contributed by atoms with van der Waals surface area (Å²) in [5.41, 5.74) is 2.44. The molecule has 2 rings (SSSR count). The first-order valence-corrected chi connectivity index (χ1v) is 9.32. The molecule has 0 saturated carbocycles. The molecule has 0 bridgehead atoms. The van der Waals surface area contributed by atoms with Crippen LogP contribution in [0.5, 0.6) is 0 Å². The minimum Gasteiger partial charge on any atom is -0.448 e. The topological polar surface area (TPSA) is 68.3 Å². The number of benzene rings is 1. The third kappa shape index (κ3) is 5.39. The Hall–Kier alpha value is -2.21. The fraction of sp³-hybridized carbons (Fsp3) is 0.421. The molecule has 1 N–H and O–H groups in total. The van der Waals surface area contributed by atoms with Gasteiger partial charge in [-0.3, -0.25) is 4.79 Å². The monoisotopic (exact) mass is 360 g/mol. The zero-order valence-electron chi connectivity index (χ0n) is 15.0. The van der Waals surface area contributed by atoms with Gasteiger partial charge in [0.05, 0.1) is 0 Å². The van der Waals surface area contributed by atoms with Gasteiger partial charge in [-0.1, -0.05) is 45.0 Å². The first-order chi connectivity index (χ1) is 11.9. The molecule has 1 aromatic heterocycles. The molecule has 0 spiro atoms. The van der Waals surface area contributed by atoms with Crippen LogP contribution in [0.4, 0.5) is 0 Å². The summed E-state index contributed by atoms with van der Waals surface area (Å²) < 4.78 is 5.21. The average molecular weight is 360 g/mol. The van der Waals surface area contributed by atoms with Crippen LogP contribution in [0.2, 0.25) is 0 Å². The number of esters is 1. The lowest BCUT2D eigenvalue weighted by molar-refractivity contribution is -0.129. The van der Waals surface area contributed by atoms with E-state index in [4.69, 9.17) is 4.74 Å². The van der Waals surface area contributed by atoms with Crippen LogP contribution in [0.1, 0.15) is 43.7 Å². The van der Waals surface area contributed by atoms with Crippen LogP contribution in [-0.4, -0.2) is 29.5 Å². The van der Waals surface area contributed by atoms with E-state index in [1.165, 1.54) is 16.9 Å². The highest BCUT2D eigenvalue weighted by Crippen LogP contribution is 2.24. The minimum atomic E-state index is -0.847. The number of aromatic nitrogens is 1. The van der Waals surface area contributed by atoms with Gasteiger partial charge in [0.1, 0.15) is 5.01 Å². The second-order valence-electron chi connectivity index (χ2n) is 6.27. The maximum atomic E-state index is 12.2. The molecule has 134 valence electrons. The standard InChI is InChI=1S/C19H24N2O3S/c1-5-14-6-8-15(9-7-14)18-21-16(11-25-18)19(23)24-13(4)17(22)20-10-12(2)3/h6-9,11-13H,5,10H2,1-4H3,(H,20,22)/t13-/m1/s1. The van der Waals surface area contributed by atoms with Crippen molar-refractivity contribution < 1.29 is 14.3 Å². The molecule has 25 heavy (non-hydrogen) atoms. The van der Waals surface area contributed by atoms with Gasteiger partial charge in [-0.05, 0) is 24.8 Å². The molecule has 1 heterocycles. The van der Waals surface area contributed by atoms with E-state index in [0.717, 1.165) is 17.0 Å². The molecule has 0 radical (unpaired) electrons. The molecular formula is C19H24N2O3S. The molecule has 5 nitrogen and oxygen atoms in total. The fourth-order valence-electron chi connectivity index (χ4n) is 2.11. The number of amides is 1. The molecule has 0 unspecified atom stereocenters. The summed E-state index contributed by atoms with van der Waals surface area (Å²) in [4.78, 5) is 28.4. The van der Waals surface area contributed by atoms with Gasteiger partial charge in [0.15, 0.2) is 11.8 Å². The summed E-state index contributed by atoms with van der Waals surface area (Å²) in [5, 5.41) is 5.16. The van der Waals surface area contributed by atoms with Crippen molar-refractivity contribution >= 4 is 23.2 Å². The maximum Gasteiger partial charge on any atom is 0.358 e. The molecule has 1 amide bonds. The first-order valence-electron chi connectivity index (χ1n) is 8.44. The van der Waals surface area contributed by atoms with Crippen molar-refractivity contribution in [3.05, 3.63) is 40.9 Å². The molecule has 0 saturated heterocycles. The van der Waals surface area contributed by atoms with Crippen molar-refractivity contribution in [2.45, 2.75) is 40.2 Å². The highest BCUT2D eigenvalue weighted by Gasteiger charge is 2.21. The van der Waals surface area contributed by atoms with Crippen LogP contribution in [-0.2, 0) is 16.0 Å². The van der Waals surface area contributed by atoms with E-state index in [9.17, 15) is 9.59 Å². The number of rotatable bonds is 7. The summed E-state index contributed by atoms with van der Waals surface area (Å²) in [6, 6.07) is 8.09. The summed E-state index contributed by atoms with van der Waals surface area (Å²) in [6.45, 7) is 8.21. The van der Waals surface area contributed by atoms with E-state index in [-0.39, 0.29) is 11.6 Å². The number of nitrogens with zero attached hydrogens (tertiary/aromatic N) is 1. The Morgan fingerprint density at radius 3 is 2.48 bits per heavy atom. The summed E-state index contributed by atoms with van der Waals surface area (Å²) in [6.07, 6.45) is 0.132. The largest absolute Gasteiger partial charge is 0.448 e. The van der Waals surface area contributed by atoms with Crippen LogP contribution in [0, 0.1) is 5.92 Å². The third-order valence-corrected chi connectivity index (χ3v) is 4.55. The van der Waals surface area contributed by atoms with Crippen molar-refractivity contribution in [3.63, 3.8) is 0 Å². The SMILES string of the molecule is CCc1ccc(-c2nc(C(=O)O[C@H](C)C(=O)NCC(C)C)cs2)cc1. The van der Waals surface area contributed by atoms with Crippen molar-refractivity contribution in [2.24, 2.45) is 5.92 Å². The number of hydrogen-bond acceptors (Lipinski definition) is 5. The van der Waals surface area contributed by atoms with Crippen molar-refractivity contribution in [2.75, 3.05) is 6.54 Å². The Kier molecular flexibility index (Phi) is 6.70. The molecule has 1 atom stereocenters. The van der Waals surface area contributed by atoms with Crippen LogP contribution in [0.3, 0.4) is 0 Å². The molecular weight excluding hydrogens is 336 g/mol. The summed E-state index contributed by atoms with van der Waals surface area (Å²) in [5.74, 6) is -0.542. The van der Waals surface area contributed by atoms with Crippen molar-refractivity contribution in [3.8, 4) is 10.6 Å². The number of ether oxygens (including phenoxy) is 1. The van der Waals surface area contributed by atoms with Crippen LogP contribution >= 0.6 is 11.3 Å². The predicted octanol–water partition coefficient (Wildman–Crippen LogP) is 3.69. The molecule has 0 aliphatic rings. The second-order valence-corrected chi connectivity index (χ2v) is 7.13. The zero-order chi connectivity index (χ0) is 18.4. The number of thiazole rings is 1. The maximum absolute atomic E-state index is 12.2. The Balaban J connectivity index is 1.98. The normalized spacial score (nSPS) is 12.0. The lowest BCUT2D eigenvalue weighted by Crippen LogP contribution is -2.37. The minimum absolute atomic E-state index is 0.225. The van der Waals surface area contributed by atoms with Crippen LogP contribution in [0.15, 0.2) is 29.6 Å². The van der Waals surface area contributed by atoms with Gasteiger partial charge < -0.3 is 10.1 Å². The summed E-state index contributed by atoms with van der Waals surface area (Å²) >= 11 is 1.38. The van der Waals surface area contributed by atoms with Crippen molar-refractivity contribution in [1.29, 1.82) is 0 Å². The number of carbonyl (C=O) groups is 2. The highest BCUT2D eigenvalue weighted by molar-refractivity contribution is 7.13. The quantitative estimate of drug-likeness (QED) is 0.765. The van der Waals surface area contributed by atoms with Gasteiger partial charge in [-0.25, -0.2) is 9.78 Å². The lowest BCUT2D eigenvalue weighted by atomic mass is 10.1. The van der Waals surface area contributed by atoms with Gasteiger partial charge in [-0.15, -0.1) is 11.3 Å². The Labute approximate surface area is 152 Å². The van der Waals surface area contributed by atoms with Gasteiger partial charge in [0.2, 0.25) is 0 Å². The van der Waals surface area contributed by atoms with E-state index < -0.39 is 12.1 Å². The van der Waals surface area contributed by atoms with E-state index in [0.29, 0.717) is 12.5 Å². The third-order valence-electron chi connectivity index (χ3n) is 3.66.